The molecule has 2 rings (SSSR count). The van der Waals surface area contributed by atoms with Crippen molar-refractivity contribution in [3.05, 3.63) is 70.1 Å². The molecule has 0 saturated heterocycles. The molecule has 0 unspecified atom stereocenters. The molecule has 4 nitrogen and oxygen atoms in total. The van der Waals surface area contributed by atoms with Crippen LogP contribution >= 0.6 is 0 Å². The van der Waals surface area contributed by atoms with Crippen LogP contribution in [0.1, 0.15) is 11.1 Å². The van der Waals surface area contributed by atoms with Gasteiger partial charge in [-0.05, 0) is 34.9 Å². The molecule has 0 bridgehead atoms. The predicted molar refractivity (Wildman–Crippen MR) is 77.3 cm³/mol. The maximum absolute atomic E-state index is 12.3. The smallest absolute Gasteiger partial charge is 0.406 e. The number of halogens is 3. The topological polar surface area (TPSA) is 58.0 Å². The minimum atomic E-state index is -4.78. The van der Waals surface area contributed by atoms with Crippen molar-refractivity contribution >= 4 is 17.8 Å². The molecule has 0 aromatic heterocycles. The second-order valence-corrected chi connectivity index (χ2v) is 4.20. The Morgan fingerprint density at radius 2 is 1.77 bits per heavy atom. The van der Waals surface area contributed by atoms with Gasteiger partial charge in [0.15, 0.2) is 0 Å². The van der Waals surface area contributed by atoms with Crippen molar-refractivity contribution in [1.82, 2.24) is 0 Å². The standard InChI is InChI=1S/C15H10F3N3O/c16-15(17,18)22-13-8-9-14(20-21-19)12(10-13)7-6-11-4-2-1-3-5-11/h1-10H/b7-6+. The zero-order chi connectivity index (χ0) is 16.0. The van der Waals surface area contributed by atoms with Crippen LogP contribution in [0.4, 0.5) is 18.9 Å². The molecule has 0 radical (unpaired) electrons. The lowest BCUT2D eigenvalue weighted by molar-refractivity contribution is -0.274. The van der Waals surface area contributed by atoms with Gasteiger partial charge in [0.05, 0.1) is 0 Å². The van der Waals surface area contributed by atoms with Crippen molar-refractivity contribution < 1.29 is 17.9 Å². The number of hydrogen-bond donors (Lipinski definition) is 0. The molecule has 22 heavy (non-hydrogen) atoms. The number of azide groups is 1. The fraction of sp³-hybridized carbons (Fsp3) is 0.0667. The Bertz CT molecular complexity index is 721. The van der Waals surface area contributed by atoms with Crippen molar-refractivity contribution in [2.24, 2.45) is 5.11 Å². The highest BCUT2D eigenvalue weighted by Gasteiger charge is 2.31. The van der Waals surface area contributed by atoms with Gasteiger partial charge in [0, 0.05) is 10.6 Å². The van der Waals surface area contributed by atoms with Crippen LogP contribution in [-0.2, 0) is 0 Å². The molecule has 0 saturated carbocycles. The summed E-state index contributed by atoms with van der Waals surface area (Å²) in [5, 5.41) is 3.45. The summed E-state index contributed by atoms with van der Waals surface area (Å²) >= 11 is 0. The fourth-order valence-electron chi connectivity index (χ4n) is 1.75. The van der Waals surface area contributed by atoms with Crippen LogP contribution < -0.4 is 4.74 Å². The lowest BCUT2D eigenvalue weighted by Gasteiger charge is -2.10. The maximum Gasteiger partial charge on any atom is 0.573 e. The monoisotopic (exact) mass is 305 g/mol. The number of rotatable bonds is 4. The maximum atomic E-state index is 12.3. The quantitative estimate of drug-likeness (QED) is 0.309. The first-order valence-electron chi connectivity index (χ1n) is 6.16. The molecule has 2 aromatic rings. The highest BCUT2D eigenvalue weighted by molar-refractivity contribution is 5.76. The Labute approximate surface area is 124 Å². The van der Waals surface area contributed by atoms with Crippen LogP contribution in [0.2, 0.25) is 0 Å². The van der Waals surface area contributed by atoms with Gasteiger partial charge < -0.3 is 4.74 Å². The summed E-state index contributed by atoms with van der Waals surface area (Å²) in [7, 11) is 0. The molecule has 0 aliphatic rings. The first kappa shape index (κ1) is 15.5. The van der Waals surface area contributed by atoms with Gasteiger partial charge in [-0.2, -0.15) is 0 Å². The first-order valence-corrected chi connectivity index (χ1v) is 6.16. The summed E-state index contributed by atoms with van der Waals surface area (Å²) in [4.78, 5) is 2.65. The Hall–Kier alpha value is -2.92. The van der Waals surface area contributed by atoms with Gasteiger partial charge >= 0.3 is 6.36 Å². The van der Waals surface area contributed by atoms with Gasteiger partial charge in [-0.1, -0.05) is 47.6 Å². The Kier molecular flexibility index (Phi) is 4.70. The summed E-state index contributed by atoms with van der Waals surface area (Å²) in [6.45, 7) is 0. The summed E-state index contributed by atoms with van der Waals surface area (Å²) in [6.07, 6.45) is -1.52. The van der Waals surface area contributed by atoms with Gasteiger partial charge in [-0.3, -0.25) is 0 Å². The lowest BCUT2D eigenvalue weighted by atomic mass is 10.1. The second-order valence-electron chi connectivity index (χ2n) is 4.20. The molecule has 0 aliphatic heterocycles. The van der Waals surface area contributed by atoms with Gasteiger partial charge in [-0.25, -0.2) is 0 Å². The second kappa shape index (κ2) is 6.69. The van der Waals surface area contributed by atoms with Gasteiger partial charge in [0.1, 0.15) is 5.75 Å². The average Bonchev–Trinajstić information content (AvgIpc) is 2.47. The number of ether oxygens (including phenoxy) is 1. The third kappa shape index (κ3) is 4.57. The van der Waals surface area contributed by atoms with E-state index < -0.39 is 6.36 Å². The molecule has 0 heterocycles. The van der Waals surface area contributed by atoms with Crippen molar-refractivity contribution in [3.8, 4) is 5.75 Å². The highest BCUT2D eigenvalue weighted by atomic mass is 19.4. The minimum absolute atomic E-state index is 0.212. The number of benzene rings is 2. The summed E-state index contributed by atoms with van der Waals surface area (Å²) in [6, 6.07) is 12.7. The van der Waals surface area contributed by atoms with E-state index in [4.69, 9.17) is 5.53 Å². The van der Waals surface area contributed by atoms with Crippen LogP contribution in [0.5, 0.6) is 5.75 Å². The summed E-state index contributed by atoms with van der Waals surface area (Å²) in [5.74, 6) is -0.378. The average molecular weight is 305 g/mol. The van der Waals surface area contributed by atoms with Crippen molar-refractivity contribution in [1.29, 1.82) is 0 Å². The molecule has 0 fully saturated rings. The van der Waals surface area contributed by atoms with E-state index in [1.54, 1.807) is 12.2 Å². The summed E-state index contributed by atoms with van der Waals surface area (Å²) < 4.78 is 40.6. The Morgan fingerprint density at radius 3 is 2.41 bits per heavy atom. The zero-order valence-corrected chi connectivity index (χ0v) is 11.2. The molecule has 2 aromatic carbocycles. The zero-order valence-electron chi connectivity index (χ0n) is 11.2. The molecule has 0 aliphatic carbocycles. The molecule has 7 heteroatoms. The van der Waals surface area contributed by atoms with E-state index >= 15 is 0 Å². The molecule has 0 amide bonds. The van der Waals surface area contributed by atoms with Crippen LogP contribution in [0.15, 0.2) is 53.6 Å². The highest BCUT2D eigenvalue weighted by Crippen LogP contribution is 2.30. The molecular formula is C15H10F3N3O. The largest absolute Gasteiger partial charge is 0.573 e. The van der Waals surface area contributed by atoms with E-state index in [1.807, 2.05) is 30.3 Å². The molecule has 0 spiro atoms. The van der Waals surface area contributed by atoms with Crippen LogP contribution in [-0.4, -0.2) is 6.36 Å². The Morgan fingerprint density at radius 1 is 1.05 bits per heavy atom. The summed E-state index contributed by atoms with van der Waals surface area (Å²) in [5.41, 5.74) is 9.90. The van der Waals surface area contributed by atoms with Gasteiger partial charge in [0.2, 0.25) is 0 Å². The van der Waals surface area contributed by atoms with Crippen LogP contribution in [0, 0.1) is 0 Å². The van der Waals surface area contributed by atoms with Gasteiger partial charge in [0.25, 0.3) is 0 Å². The molecule has 0 N–H and O–H groups in total. The fourth-order valence-corrected chi connectivity index (χ4v) is 1.75. The van der Waals surface area contributed by atoms with Crippen molar-refractivity contribution in [2.75, 3.05) is 0 Å². The van der Waals surface area contributed by atoms with Gasteiger partial charge in [-0.15, -0.1) is 13.2 Å². The molecular weight excluding hydrogens is 295 g/mol. The van der Waals surface area contributed by atoms with Crippen molar-refractivity contribution in [3.63, 3.8) is 0 Å². The molecule has 0 atom stereocenters. The van der Waals surface area contributed by atoms with E-state index in [9.17, 15) is 13.2 Å². The number of alkyl halides is 3. The minimum Gasteiger partial charge on any atom is -0.406 e. The van der Waals surface area contributed by atoms with E-state index in [-0.39, 0.29) is 11.4 Å². The van der Waals surface area contributed by atoms with Crippen LogP contribution in [0.3, 0.4) is 0 Å². The van der Waals surface area contributed by atoms with E-state index in [0.29, 0.717) is 5.56 Å². The van der Waals surface area contributed by atoms with E-state index in [0.717, 1.165) is 17.7 Å². The lowest BCUT2D eigenvalue weighted by Crippen LogP contribution is -2.17. The normalized spacial score (nSPS) is 11.2. The Balaban J connectivity index is 2.35. The number of hydrogen-bond acceptors (Lipinski definition) is 2. The predicted octanol–water partition coefficient (Wildman–Crippen LogP) is 5.70. The third-order valence-electron chi connectivity index (χ3n) is 2.64. The first-order chi connectivity index (χ1) is 10.5. The SMILES string of the molecule is [N-]=[N+]=Nc1ccc(OC(F)(F)F)cc1/C=C/c1ccccc1. The number of nitrogens with zero attached hydrogens (tertiary/aromatic N) is 3. The van der Waals surface area contributed by atoms with E-state index in [2.05, 4.69) is 14.8 Å². The third-order valence-corrected chi connectivity index (χ3v) is 2.64. The molecule has 112 valence electrons. The van der Waals surface area contributed by atoms with E-state index in [1.165, 1.54) is 6.07 Å². The van der Waals surface area contributed by atoms with Crippen molar-refractivity contribution in [2.45, 2.75) is 6.36 Å². The van der Waals surface area contributed by atoms with Crippen LogP contribution in [0.25, 0.3) is 22.6 Å².